The highest BCUT2D eigenvalue weighted by molar-refractivity contribution is 6.35. The molecule has 2 fully saturated rings. The Balaban J connectivity index is 1.33. The molecular weight excluding hydrogens is 358 g/mol. The molecule has 3 heterocycles. The molecule has 2 aromatic rings. The summed E-state index contributed by atoms with van der Waals surface area (Å²) in [6.07, 6.45) is 5.62. The number of anilines is 2. The maximum Gasteiger partial charge on any atom is 0.330 e. The number of urea groups is 2. The number of fused-ring (bicyclic) bond motifs is 1. The van der Waals surface area contributed by atoms with Gasteiger partial charge in [-0.25, -0.2) is 14.5 Å². The monoisotopic (exact) mass is 377 g/mol. The van der Waals surface area contributed by atoms with Gasteiger partial charge in [0.05, 0.1) is 11.3 Å². The summed E-state index contributed by atoms with van der Waals surface area (Å²) in [4.78, 5) is 43.2. The molecule has 1 saturated heterocycles. The first-order valence-electron chi connectivity index (χ1n) is 9.30. The van der Waals surface area contributed by atoms with Crippen molar-refractivity contribution in [3.8, 4) is 0 Å². The second-order valence-electron chi connectivity index (χ2n) is 7.19. The average molecular weight is 377 g/mol. The number of nitrogens with one attached hydrogen (secondary N) is 3. The summed E-state index contributed by atoms with van der Waals surface area (Å²) in [6.45, 7) is 0.982. The highest BCUT2D eigenvalue weighted by atomic mass is 16.2. The lowest BCUT2D eigenvalue weighted by Gasteiger charge is -2.17. The number of amides is 5. The zero-order chi connectivity index (χ0) is 19.3. The molecule has 5 rings (SSSR count). The third-order valence-electron chi connectivity index (χ3n) is 5.25. The second-order valence-corrected chi connectivity index (χ2v) is 7.19. The molecule has 2 aliphatic heterocycles. The number of nitrogens with zero attached hydrogens (tertiary/aromatic N) is 2. The van der Waals surface area contributed by atoms with E-state index in [1.165, 1.54) is 4.90 Å². The molecule has 0 bridgehead atoms. The summed E-state index contributed by atoms with van der Waals surface area (Å²) < 4.78 is 0. The number of rotatable bonds is 3. The van der Waals surface area contributed by atoms with Crippen molar-refractivity contribution in [2.24, 2.45) is 0 Å². The van der Waals surface area contributed by atoms with Gasteiger partial charge >= 0.3 is 12.1 Å². The fourth-order valence-electron chi connectivity index (χ4n) is 3.66. The minimum atomic E-state index is -0.445. The highest BCUT2D eigenvalue weighted by Gasteiger charge is 2.41. The summed E-state index contributed by atoms with van der Waals surface area (Å²) in [5.74, 6) is -0.192. The summed E-state index contributed by atoms with van der Waals surface area (Å²) in [5.41, 5.74) is 3.33. The molecule has 0 spiro atoms. The summed E-state index contributed by atoms with van der Waals surface area (Å²) >= 11 is 0. The number of imide groups is 1. The molecular formula is C20H19N5O3. The van der Waals surface area contributed by atoms with Crippen LogP contribution in [0.5, 0.6) is 0 Å². The zero-order valence-corrected chi connectivity index (χ0v) is 15.1. The molecule has 1 saturated carbocycles. The number of hydrogen-bond acceptors (Lipinski definition) is 3. The number of hydrogen-bond donors (Lipinski definition) is 3. The molecule has 28 heavy (non-hydrogen) atoms. The highest BCUT2D eigenvalue weighted by Crippen LogP contribution is 2.35. The van der Waals surface area contributed by atoms with Crippen molar-refractivity contribution in [3.05, 3.63) is 47.8 Å². The van der Waals surface area contributed by atoms with Gasteiger partial charge in [-0.1, -0.05) is 6.07 Å². The van der Waals surface area contributed by atoms with Crippen molar-refractivity contribution in [2.75, 3.05) is 23.7 Å². The van der Waals surface area contributed by atoms with Crippen LogP contribution in [0.4, 0.5) is 21.0 Å². The van der Waals surface area contributed by atoms with Gasteiger partial charge in [0.1, 0.15) is 0 Å². The van der Waals surface area contributed by atoms with Crippen LogP contribution < -0.4 is 10.6 Å². The Morgan fingerprint density at radius 2 is 2.04 bits per heavy atom. The molecule has 1 aromatic heterocycles. The van der Waals surface area contributed by atoms with E-state index in [9.17, 15) is 14.4 Å². The van der Waals surface area contributed by atoms with Crippen LogP contribution in [-0.4, -0.2) is 51.9 Å². The zero-order valence-electron chi connectivity index (χ0n) is 15.1. The minimum Gasteiger partial charge on any atom is -0.362 e. The Kier molecular flexibility index (Phi) is 3.71. The van der Waals surface area contributed by atoms with Crippen LogP contribution >= 0.6 is 0 Å². The second kappa shape index (κ2) is 6.26. The predicted molar refractivity (Wildman–Crippen MR) is 105 cm³/mol. The minimum absolute atomic E-state index is 0.192. The van der Waals surface area contributed by atoms with E-state index in [4.69, 9.17) is 0 Å². The first-order valence-corrected chi connectivity index (χ1v) is 9.30. The number of carbonyl (C=O) groups is 3. The Labute approximate surface area is 161 Å². The molecule has 8 nitrogen and oxygen atoms in total. The SMILES string of the molecule is O=C1Nc2cc(NC(=O)N3CCN(C4CC4)C3=O)ccc2C1=Cc1ccc[nH]1. The summed E-state index contributed by atoms with van der Waals surface area (Å²) in [7, 11) is 0. The molecule has 5 amide bonds. The van der Waals surface area contributed by atoms with Gasteiger partial charge in [0, 0.05) is 42.3 Å². The van der Waals surface area contributed by atoms with Gasteiger partial charge in [0.2, 0.25) is 0 Å². The largest absolute Gasteiger partial charge is 0.362 e. The summed E-state index contributed by atoms with van der Waals surface area (Å²) in [5, 5.41) is 5.58. The average Bonchev–Trinajstić information content (AvgIpc) is 3.09. The fraction of sp³-hybridized carbons (Fsp3) is 0.250. The molecule has 8 heteroatoms. The quantitative estimate of drug-likeness (QED) is 0.718. The van der Waals surface area contributed by atoms with Gasteiger partial charge in [-0.05, 0) is 43.2 Å². The Morgan fingerprint density at radius 1 is 1.18 bits per heavy atom. The lowest BCUT2D eigenvalue weighted by atomic mass is 10.1. The third kappa shape index (κ3) is 2.83. The topological polar surface area (TPSA) is 97.5 Å². The van der Waals surface area contributed by atoms with Gasteiger partial charge in [-0.3, -0.25) is 4.79 Å². The summed E-state index contributed by atoms with van der Waals surface area (Å²) in [6, 6.07) is 8.60. The van der Waals surface area contributed by atoms with Gasteiger partial charge in [0.25, 0.3) is 5.91 Å². The van der Waals surface area contributed by atoms with Crippen molar-refractivity contribution in [1.82, 2.24) is 14.8 Å². The van der Waals surface area contributed by atoms with Crippen molar-refractivity contribution < 1.29 is 14.4 Å². The van der Waals surface area contributed by atoms with Crippen LogP contribution in [-0.2, 0) is 4.79 Å². The fourth-order valence-corrected chi connectivity index (χ4v) is 3.66. The lowest BCUT2D eigenvalue weighted by Crippen LogP contribution is -2.39. The number of aromatic amines is 1. The molecule has 3 N–H and O–H groups in total. The van der Waals surface area contributed by atoms with Gasteiger partial charge in [-0.2, -0.15) is 0 Å². The van der Waals surface area contributed by atoms with Crippen LogP contribution in [0, 0.1) is 0 Å². The number of carbonyl (C=O) groups excluding carboxylic acids is 3. The molecule has 3 aliphatic rings. The third-order valence-corrected chi connectivity index (χ3v) is 5.25. The van der Waals surface area contributed by atoms with Gasteiger partial charge in [-0.15, -0.1) is 0 Å². The van der Waals surface area contributed by atoms with Crippen LogP contribution in [0.2, 0.25) is 0 Å². The predicted octanol–water partition coefficient (Wildman–Crippen LogP) is 2.94. The van der Waals surface area contributed by atoms with E-state index in [2.05, 4.69) is 15.6 Å². The van der Waals surface area contributed by atoms with Crippen LogP contribution in [0.25, 0.3) is 11.6 Å². The maximum atomic E-state index is 12.5. The van der Waals surface area contributed by atoms with E-state index in [-0.39, 0.29) is 11.9 Å². The van der Waals surface area contributed by atoms with E-state index < -0.39 is 6.03 Å². The van der Waals surface area contributed by atoms with Crippen LogP contribution in [0.3, 0.4) is 0 Å². The number of aromatic nitrogens is 1. The van der Waals surface area contributed by atoms with Gasteiger partial charge < -0.3 is 20.5 Å². The van der Waals surface area contributed by atoms with E-state index >= 15 is 0 Å². The van der Waals surface area contributed by atoms with E-state index in [1.807, 2.05) is 12.1 Å². The van der Waals surface area contributed by atoms with Crippen molar-refractivity contribution in [2.45, 2.75) is 18.9 Å². The normalized spacial score (nSPS) is 19.9. The number of H-pyrrole nitrogens is 1. The lowest BCUT2D eigenvalue weighted by molar-refractivity contribution is -0.110. The molecule has 0 atom stereocenters. The maximum absolute atomic E-state index is 12.5. The first kappa shape index (κ1) is 16.6. The smallest absolute Gasteiger partial charge is 0.330 e. The first-order chi connectivity index (χ1) is 13.6. The molecule has 0 radical (unpaired) electrons. The van der Waals surface area contributed by atoms with E-state index in [0.29, 0.717) is 36.1 Å². The van der Waals surface area contributed by atoms with Crippen molar-refractivity contribution >= 4 is 41.0 Å². The molecule has 1 aromatic carbocycles. The number of benzene rings is 1. The molecule has 1 aliphatic carbocycles. The molecule has 0 unspecified atom stereocenters. The standard InChI is InChI=1S/C20H19N5O3/c26-18-16(10-12-2-1-7-21-12)15-6-3-13(11-17(15)23-18)22-19(27)25-9-8-24(20(25)28)14-4-5-14/h1-3,6-7,10-11,14,21H,4-5,8-9H2,(H,22,27)(H,23,26). The Morgan fingerprint density at radius 3 is 2.79 bits per heavy atom. The van der Waals surface area contributed by atoms with Crippen LogP contribution in [0.15, 0.2) is 36.5 Å². The van der Waals surface area contributed by atoms with Crippen molar-refractivity contribution in [1.29, 1.82) is 0 Å². The van der Waals surface area contributed by atoms with E-state index in [0.717, 1.165) is 24.1 Å². The Bertz CT molecular complexity index is 1010. The molecule has 142 valence electrons. The van der Waals surface area contributed by atoms with Gasteiger partial charge in [0.15, 0.2) is 0 Å². The van der Waals surface area contributed by atoms with E-state index in [1.54, 1.807) is 35.4 Å². The van der Waals surface area contributed by atoms with Crippen molar-refractivity contribution in [3.63, 3.8) is 0 Å². The van der Waals surface area contributed by atoms with Crippen LogP contribution in [0.1, 0.15) is 24.1 Å². The Hall–Kier alpha value is -3.55.